The maximum atomic E-state index is 13.8. The summed E-state index contributed by atoms with van der Waals surface area (Å²) in [7, 11) is 0. The highest BCUT2D eigenvalue weighted by atomic mass is 19.1. The molecule has 1 aliphatic carbocycles. The number of rotatable bonds is 4. The number of hydrogen-bond acceptors (Lipinski definition) is 5. The number of furan rings is 1. The normalized spacial score (nSPS) is 14.5. The Balaban J connectivity index is 1.85. The van der Waals surface area contributed by atoms with E-state index < -0.39 is 23.6 Å². The number of carbonyl (C=O) groups is 2. The number of benzene rings is 1. The van der Waals surface area contributed by atoms with E-state index in [-0.39, 0.29) is 18.1 Å². The van der Waals surface area contributed by atoms with Gasteiger partial charge in [0.1, 0.15) is 17.4 Å². The number of hydrogen-bond donors (Lipinski definition) is 2. The second-order valence-corrected chi connectivity index (χ2v) is 6.18. The van der Waals surface area contributed by atoms with E-state index in [1.54, 1.807) is 13.8 Å². The smallest absolute Gasteiger partial charge is 0.427 e. The summed E-state index contributed by atoms with van der Waals surface area (Å²) in [6.45, 7) is 3.58. The molecule has 0 aliphatic heterocycles. The Labute approximate surface area is 159 Å². The standard InChI is InChI=1S/C19H19F2N3O4/c1-3-27-19(26)24-23-14-5-4-6-15-16(14)10(2)17(28-15)18(25)22-13-8-7-11(20)9-12(13)21/h7-9H,3-6H2,1-2H3,(H,22,25)(H,24,26)/b23-14+. The average molecular weight is 391 g/mol. The van der Waals surface area contributed by atoms with Crippen LogP contribution in [-0.4, -0.2) is 24.3 Å². The summed E-state index contributed by atoms with van der Waals surface area (Å²) in [5.41, 5.74) is 3.90. The third kappa shape index (κ3) is 4.03. The highest BCUT2D eigenvalue weighted by Gasteiger charge is 2.28. The van der Waals surface area contributed by atoms with Gasteiger partial charge in [-0.05, 0) is 38.8 Å². The lowest BCUT2D eigenvalue weighted by molar-refractivity contribution is 0.0993. The van der Waals surface area contributed by atoms with Gasteiger partial charge in [0, 0.05) is 23.6 Å². The molecular formula is C19H19F2N3O4. The predicted molar refractivity (Wildman–Crippen MR) is 97.4 cm³/mol. The maximum Gasteiger partial charge on any atom is 0.427 e. The Morgan fingerprint density at radius 3 is 2.79 bits per heavy atom. The number of fused-ring (bicyclic) bond motifs is 1. The summed E-state index contributed by atoms with van der Waals surface area (Å²) in [6.07, 6.45) is 1.25. The second kappa shape index (κ2) is 8.20. The third-order valence-corrected chi connectivity index (χ3v) is 4.27. The first kappa shape index (κ1) is 19.5. The minimum Gasteiger partial charge on any atom is -0.455 e. The summed E-state index contributed by atoms with van der Waals surface area (Å²) >= 11 is 0. The number of amides is 2. The third-order valence-electron chi connectivity index (χ3n) is 4.27. The van der Waals surface area contributed by atoms with Gasteiger partial charge in [0.15, 0.2) is 5.76 Å². The highest BCUT2D eigenvalue weighted by Crippen LogP contribution is 2.30. The lowest BCUT2D eigenvalue weighted by Gasteiger charge is -2.13. The molecule has 1 aromatic carbocycles. The van der Waals surface area contributed by atoms with Crippen LogP contribution in [-0.2, 0) is 11.2 Å². The molecule has 1 aromatic heterocycles. The van der Waals surface area contributed by atoms with Crippen molar-refractivity contribution in [1.82, 2.24) is 5.43 Å². The van der Waals surface area contributed by atoms with Gasteiger partial charge in [0.2, 0.25) is 0 Å². The monoisotopic (exact) mass is 391 g/mol. The molecule has 2 amide bonds. The van der Waals surface area contributed by atoms with Crippen LogP contribution in [0.1, 0.15) is 47.2 Å². The van der Waals surface area contributed by atoms with Gasteiger partial charge < -0.3 is 14.5 Å². The van der Waals surface area contributed by atoms with Gasteiger partial charge in [-0.15, -0.1) is 0 Å². The highest BCUT2D eigenvalue weighted by molar-refractivity contribution is 6.09. The van der Waals surface area contributed by atoms with Crippen LogP contribution in [0.5, 0.6) is 0 Å². The molecular weight excluding hydrogens is 372 g/mol. The Hall–Kier alpha value is -3.23. The minimum atomic E-state index is -0.886. The molecule has 0 unspecified atom stereocenters. The fraction of sp³-hybridized carbons (Fsp3) is 0.316. The molecule has 28 heavy (non-hydrogen) atoms. The molecule has 1 heterocycles. The van der Waals surface area contributed by atoms with Crippen LogP contribution >= 0.6 is 0 Å². The summed E-state index contributed by atoms with van der Waals surface area (Å²) in [4.78, 5) is 24.0. The first-order chi connectivity index (χ1) is 13.4. The fourth-order valence-corrected chi connectivity index (χ4v) is 3.04. The number of hydrazone groups is 1. The van der Waals surface area contributed by atoms with Crippen molar-refractivity contribution in [3.05, 3.63) is 52.5 Å². The van der Waals surface area contributed by atoms with Gasteiger partial charge in [0.25, 0.3) is 5.91 Å². The van der Waals surface area contributed by atoms with E-state index in [4.69, 9.17) is 9.15 Å². The lowest BCUT2D eigenvalue weighted by atomic mass is 9.93. The van der Waals surface area contributed by atoms with Gasteiger partial charge in [-0.25, -0.2) is 19.0 Å². The molecule has 3 rings (SSSR count). The Morgan fingerprint density at radius 2 is 2.07 bits per heavy atom. The van der Waals surface area contributed by atoms with Crippen molar-refractivity contribution in [3.63, 3.8) is 0 Å². The van der Waals surface area contributed by atoms with Gasteiger partial charge in [-0.3, -0.25) is 4.79 Å². The molecule has 2 aromatic rings. The van der Waals surface area contributed by atoms with Crippen molar-refractivity contribution in [3.8, 4) is 0 Å². The van der Waals surface area contributed by atoms with Crippen LogP contribution in [0.15, 0.2) is 27.7 Å². The molecule has 0 bridgehead atoms. The number of halogens is 2. The fourth-order valence-electron chi connectivity index (χ4n) is 3.04. The summed E-state index contributed by atoms with van der Waals surface area (Å²) in [5.74, 6) is -1.70. The maximum absolute atomic E-state index is 13.8. The van der Waals surface area contributed by atoms with Crippen LogP contribution < -0.4 is 10.7 Å². The van der Waals surface area contributed by atoms with E-state index in [9.17, 15) is 18.4 Å². The van der Waals surface area contributed by atoms with Crippen LogP contribution in [0, 0.1) is 18.6 Å². The summed E-state index contributed by atoms with van der Waals surface area (Å²) in [6, 6.07) is 2.86. The van der Waals surface area contributed by atoms with Crippen LogP contribution in [0.2, 0.25) is 0 Å². The molecule has 0 saturated heterocycles. The van der Waals surface area contributed by atoms with Crippen molar-refractivity contribution in [1.29, 1.82) is 0 Å². The van der Waals surface area contributed by atoms with Crippen LogP contribution in [0.25, 0.3) is 0 Å². The van der Waals surface area contributed by atoms with E-state index in [2.05, 4.69) is 15.8 Å². The van der Waals surface area contributed by atoms with Crippen LogP contribution in [0.3, 0.4) is 0 Å². The Morgan fingerprint density at radius 1 is 1.29 bits per heavy atom. The molecule has 7 nitrogen and oxygen atoms in total. The first-order valence-electron chi connectivity index (χ1n) is 8.79. The van der Waals surface area contributed by atoms with Crippen LogP contribution in [0.4, 0.5) is 19.3 Å². The van der Waals surface area contributed by atoms with Crippen molar-refractivity contribution in [2.45, 2.75) is 33.1 Å². The van der Waals surface area contributed by atoms with E-state index in [1.165, 1.54) is 0 Å². The van der Waals surface area contributed by atoms with E-state index in [0.717, 1.165) is 18.6 Å². The molecule has 9 heteroatoms. The van der Waals surface area contributed by atoms with Crippen molar-refractivity contribution >= 4 is 23.4 Å². The molecule has 0 radical (unpaired) electrons. The molecule has 0 spiro atoms. The molecule has 0 fully saturated rings. The number of anilines is 1. The SMILES string of the molecule is CCOC(=O)N/N=C1\CCCc2oc(C(=O)Nc3ccc(F)cc3F)c(C)c21. The van der Waals surface area contributed by atoms with E-state index >= 15 is 0 Å². The van der Waals surface area contributed by atoms with Crippen molar-refractivity contribution < 1.29 is 27.5 Å². The average Bonchev–Trinajstić information content (AvgIpc) is 3.00. The minimum absolute atomic E-state index is 0.0134. The molecule has 148 valence electrons. The van der Waals surface area contributed by atoms with Gasteiger partial charge in [-0.2, -0.15) is 5.10 Å². The number of nitrogens with zero attached hydrogens (tertiary/aromatic N) is 1. The second-order valence-electron chi connectivity index (χ2n) is 6.18. The zero-order valence-corrected chi connectivity index (χ0v) is 15.4. The zero-order valence-electron chi connectivity index (χ0n) is 15.4. The number of carbonyl (C=O) groups excluding carboxylic acids is 2. The Kier molecular flexibility index (Phi) is 5.72. The first-order valence-corrected chi connectivity index (χ1v) is 8.79. The van der Waals surface area contributed by atoms with Gasteiger partial charge in [0.05, 0.1) is 18.0 Å². The number of aryl methyl sites for hydroxylation is 1. The largest absolute Gasteiger partial charge is 0.455 e. The zero-order chi connectivity index (χ0) is 20.3. The van der Waals surface area contributed by atoms with E-state index in [1.807, 2.05) is 0 Å². The molecule has 2 N–H and O–H groups in total. The quantitative estimate of drug-likeness (QED) is 0.773. The van der Waals surface area contributed by atoms with E-state index in [0.29, 0.717) is 41.5 Å². The van der Waals surface area contributed by atoms with Gasteiger partial charge in [-0.1, -0.05) is 0 Å². The topological polar surface area (TPSA) is 92.9 Å². The molecule has 1 aliphatic rings. The molecule has 0 atom stereocenters. The Bertz CT molecular complexity index is 953. The van der Waals surface area contributed by atoms with Crippen molar-refractivity contribution in [2.75, 3.05) is 11.9 Å². The number of nitrogens with one attached hydrogen (secondary N) is 2. The van der Waals surface area contributed by atoms with Crippen molar-refractivity contribution in [2.24, 2.45) is 5.10 Å². The molecule has 0 saturated carbocycles. The summed E-state index contributed by atoms with van der Waals surface area (Å²) < 4.78 is 37.3. The lowest BCUT2D eigenvalue weighted by Crippen LogP contribution is -2.22. The summed E-state index contributed by atoms with van der Waals surface area (Å²) in [5, 5.41) is 6.46. The van der Waals surface area contributed by atoms with Gasteiger partial charge >= 0.3 is 6.09 Å². The number of ether oxygens (including phenoxy) is 1. The predicted octanol–water partition coefficient (Wildman–Crippen LogP) is 3.91.